The molecule has 43 heavy (non-hydrogen) atoms. The van der Waals surface area contributed by atoms with Crippen molar-refractivity contribution in [3.63, 3.8) is 0 Å². The Balaban J connectivity index is 1.30. The first kappa shape index (κ1) is 25.8. The fourth-order valence-corrected chi connectivity index (χ4v) is 7.66. The molecule has 0 saturated heterocycles. The molecule has 6 aromatic carbocycles. The van der Waals surface area contributed by atoms with E-state index < -0.39 is 0 Å². The van der Waals surface area contributed by atoms with Crippen LogP contribution >= 0.6 is 0 Å². The minimum absolute atomic E-state index is 0.0234. The van der Waals surface area contributed by atoms with Gasteiger partial charge in [-0.05, 0) is 92.0 Å². The maximum Gasteiger partial charge on any atom is 0.0467 e. The topological polar surface area (TPSA) is 3.24 Å². The van der Waals surface area contributed by atoms with Crippen molar-refractivity contribution in [3.05, 3.63) is 162 Å². The second-order valence-corrected chi connectivity index (χ2v) is 13.0. The molecule has 6 aromatic rings. The zero-order chi connectivity index (χ0) is 29.3. The van der Waals surface area contributed by atoms with E-state index in [4.69, 9.17) is 0 Å². The highest BCUT2D eigenvalue weighted by Crippen LogP contribution is 2.53. The van der Waals surface area contributed by atoms with Gasteiger partial charge in [-0.2, -0.15) is 0 Å². The molecule has 0 saturated carbocycles. The molecule has 0 spiro atoms. The Bertz CT molecular complexity index is 2030. The van der Waals surface area contributed by atoms with Gasteiger partial charge in [0.15, 0.2) is 0 Å². The van der Waals surface area contributed by atoms with Crippen LogP contribution in [-0.2, 0) is 10.8 Å². The van der Waals surface area contributed by atoms with E-state index in [-0.39, 0.29) is 10.8 Å². The molecule has 0 bridgehead atoms. The van der Waals surface area contributed by atoms with Gasteiger partial charge in [0, 0.05) is 27.9 Å². The Labute approximate surface area is 255 Å². The van der Waals surface area contributed by atoms with Crippen molar-refractivity contribution in [1.82, 2.24) is 0 Å². The van der Waals surface area contributed by atoms with E-state index in [1.807, 2.05) is 0 Å². The van der Waals surface area contributed by atoms with E-state index >= 15 is 0 Å². The summed E-state index contributed by atoms with van der Waals surface area (Å²) in [6.45, 7) is 9.40. The highest BCUT2D eigenvalue weighted by molar-refractivity contribution is 5.94. The number of hydrogen-bond acceptors (Lipinski definition) is 1. The van der Waals surface area contributed by atoms with Crippen molar-refractivity contribution < 1.29 is 0 Å². The third-order valence-corrected chi connectivity index (χ3v) is 9.86. The van der Waals surface area contributed by atoms with Gasteiger partial charge in [0.2, 0.25) is 0 Å². The summed E-state index contributed by atoms with van der Waals surface area (Å²) in [5.41, 5.74) is 16.9. The van der Waals surface area contributed by atoms with Crippen LogP contribution in [-0.4, -0.2) is 0 Å². The monoisotopic (exact) mass is 553 g/mol. The van der Waals surface area contributed by atoms with Crippen LogP contribution in [0.25, 0.3) is 33.4 Å². The molecule has 0 aromatic heterocycles. The van der Waals surface area contributed by atoms with Gasteiger partial charge in [0.25, 0.3) is 0 Å². The van der Waals surface area contributed by atoms with Gasteiger partial charge < -0.3 is 4.90 Å². The van der Waals surface area contributed by atoms with Crippen molar-refractivity contribution in [1.29, 1.82) is 0 Å². The predicted molar refractivity (Wildman–Crippen MR) is 182 cm³/mol. The van der Waals surface area contributed by atoms with Crippen LogP contribution in [0.4, 0.5) is 17.1 Å². The van der Waals surface area contributed by atoms with E-state index in [1.165, 1.54) is 61.3 Å². The van der Waals surface area contributed by atoms with Crippen LogP contribution in [0.15, 0.2) is 140 Å². The maximum absolute atomic E-state index is 2.41. The lowest BCUT2D eigenvalue weighted by atomic mass is 9.82. The molecule has 1 nitrogen and oxygen atoms in total. The number of para-hydroxylation sites is 1. The average Bonchev–Trinajstić information content (AvgIpc) is 3.42. The minimum Gasteiger partial charge on any atom is -0.310 e. The number of anilines is 3. The van der Waals surface area contributed by atoms with Gasteiger partial charge >= 0.3 is 0 Å². The zero-order valence-corrected chi connectivity index (χ0v) is 25.2. The van der Waals surface area contributed by atoms with Gasteiger partial charge in [-0.25, -0.2) is 0 Å². The lowest BCUT2D eigenvalue weighted by molar-refractivity contribution is 0.660. The maximum atomic E-state index is 2.41. The first-order chi connectivity index (χ1) is 20.9. The molecular weight excluding hydrogens is 518 g/mol. The molecule has 0 heterocycles. The summed E-state index contributed by atoms with van der Waals surface area (Å²) in [6.07, 6.45) is 0. The van der Waals surface area contributed by atoms with Crippen molar-refractivity contribution in [2.45, 2.75) is 38.5 Å². The van der Waals surface area contributed by atoms with E-state index in [2.05, 4.69) is 172 Å². The predicted octanol–water partition coefficient (Wildman–Crippen LogP) is 11.4. The Hall–Kier alpha value is -4.88. The normalized spacial score (nSPS) is 14.9. The molecule has 0 fully saturated rings. The lowest BCUT2D eigenvalue weighted by Crippen LogP contribution is -2.16. The van der Waals surface area contributed by atoms with E-state index in [1.54, 1.807) is 0 Å². The summed E-state index contributed by atoms with van der Waals surface area (Å²) >= 11 is 0. The van der Waals surface area contributed by atoms with Crippen molar-refractivity contribution in [2.75, 3.05) is 4.90 Å². The third-order valence-electron chi connectivity index (χ3n) is 9.86. The highest BCUT2D eigenvalue weighted by atomic mass is 15.1. The number of nitrogens with zero attached hydrogens (tertiary/aromatic N) is 1. The molecule has 0 atom stereocenters. The van der Waals surface area contributed by atoms with E-state index in [0.29, 0.717) is 0 Å². The van der Waals surface area contributed by atoms with Crippen molar-refractivity contribution >= 4 is 17.1 Å². The lowest BCUT2D eigenvalue weighted by Gasteiger charge is -2.28. The first-order valence-corrected chi connectivity index (χ1v) is 15.3. The molecule has 2 aliphatic rings. The van der Waals surface area contributed by atoms with Crippen LogP contribution in [0.1, 0.15) is 49.9 Å². The summed E-state index contributed by atoms with van der Waals surface area (Å²) in [7, 11) is 0. The molecule has 1 heteroatoms. The SMILES string of the molecule is CC1(C)c2ccccc2-c2ccc(N(c3ccccc3)c3cccc(-c4cccc5c4-c4ccccc4C5(C)C)c3)cc21. The molecular formula is C42H35N. The molecule has 0 radical (unpaired) electrons. The number of rotatable bonds is 4. The average molecular weight is 554 g/mol. The second kappa shape index (κ2) is 9.31. The van der Waals surface area contributed by atoms with Gasteiger partial charge in [-0.1, -0.05) is 131 Å². The zero-order valence-electron chi connectivity index (χ0n) is 25.2. The smallest absolute Gasteiger partial charge is 0.0467 e. The second-order valence-electron chi connectivity index (χ2n) is 13.0. The van der Waals surface area contributed by atoms with Crippen LogP contribution in [0.3, 0.4) is 0 Å². The molecule has 0 unspecified atom stereocenters. The van der Waals surface area contributed by atoms with E-state index in [0.717, 1.165) is 11.4 Å². The highest BCUT2D eigenvalue weighted by Gasteiger charge is 2.37. The Kier molecular flexibility index (Phi) is 5.59. The quantitative estimate of drug-likeness (QED) is 0.210. The molecule has 208 valence electrons. The molecule has 0 N–H and O–H groups in total. The van der Waals surface area contributed by atoms with Gasteiger partial charge in [-0.3, -0.25) is 0 Å². The van der Waals surface area contributed by atoms with Crippen LogP contribution in [0.5, 0.6) is 0 Å². The first-order valence-electron chi connectivity index (χ1n) is 15.3. The molecule has 8 rings (SSSR count). The summed E-state index contributed by atoms with van der Waals surface area (Å²) in [4.78, 5) is 2.41. The number of hydrogen-bond donors (Lipinski definition) is 0. The minimum atomic E-state index is -0.0586. The van der Waals surface area contributed by atoms with Crippen LogP contribution in [0, 0.1) is 0 Å². The van der Waals surface area contributed by atoms with Gasteiger partial charge in [0.05, 0.1) is 0 Å². The third kappa shape index (κ3) is 3.78. The van der Waals surface area contributed by atoms with Crippen molar-refractivity contribution in [3.8, 4) is 33.4 Å². The summed E-state index contributed by atoms with van der Waals surface area (Å²) in [6, 6.07) is 51.5. The Morgan fingerprint density at radius 3 is 1.70 bits per heavy atom. The molecule has 2 aliphatic carbocycles. The van der Waals surface area contributed by atoms with Crippen molar-refractivity contribution in [2.24, 2.45) is 0 Å². The van der Waals surface area contributed by atoms with Gasteiger partial charge in [0.1, 0.15) is 0 Å². The molecule has 0 aliphatic heterocycles. The Morgan fingerprint density at radius 2 is 0.907 bits per heavy atom. The summed E-state index contributed by atoms with van der Waals surface area (Å²) in [5, 5.41) is 0. The fourth-order valence-electron chi connectivity index (χ4n) is 7.66. The standard InChI is InChI=1S/C42H35N/c1-41(2)37-22-11-9-19-35(37)40-32(20-13-23-38(40)41)28-14-12-17-30(26-28)43(29-15-6-5-7-16-29)31-24-25-34-33-18-8-10-21-36(33)42(3,4)39(34)27-31/h5-27H,1-4H3. The fraction of sp³-hybridized carbons (Fsp3) is 0.143. The molecule has 0 amide bonds. The van der Waals surface area contributed by atoms with E-state index in [9.17, 15) is 0 Å². The number of benzene rings is 6. The van der Waals surface area contributed by atoms with Gasteiger partial charge in [-0.15, -0.1) is 0 Å². The summed E-state index contributed by atoms with van der Waals surface area (Å²) < 4.78 is 0. The van der Waals surface area contributed by atoms with Crippen LogP contribution in [0.2, 0.25) is 0 Å². The Morgan fingerprint density at radius 1 is 0.372 bits per heavy atom. The largest absolute Gasteiger partial charge is 0.310 e. The van der Waals surface area contributed by atoms with Crippen LogP contribution < -0.4 is 4.90 Å². The number of fused-ring (bicyclic) bond motifs is 6. The summed E-state index contributed by atoms with van der Waals surface area (Å²) in [5.74, 6) is 0.